The average Bonchev–Trinajstić information content (AvgIpc) is 3.42. The SMILES string of the molecule is CC[C@H]1OC(=O)[C@H](C)[C@@H](OC2C[C@@](C)(OC)[C@@H](OC(C)=O)[C@H](C)O2)[C@H](C)[C@@H](OC2O[C@H](C)C[C@H](N(C)CC)C2C)[C@]2(C)CC(C)=C(O2)[C@H](C)[C@@H](O)[C@]1(C)O. The summed E-state index contributed by atoms with van der Waals surface area (Å²) in [6.45, 7) is 25.1. The van der Waals surface area contributed by atoms with Crippen molar-refractivity contribution in [2.45, 2.75) is 194 Å². The first-order chi connectivity index (χ1) is 25.0. The summed E-state index contributed by atoms with van der Waals surface area (Å²) in [6, 6.07) is 0.208. The number of rotatable bonds is 9. The van der Waals surface area contributed by atoms with Crippen LogP contribution in [0.1, 0.15) is 116 Å². The maximum absolute atomic E-state index is 14.3. The van der Waals surface area contributed by atoms with Gasteiger partial charge >= 0.3 is 11.9 Å². The van der Waals surface area contributed by atoms with Gasteiger partial charge in [-0.25, -0.2) is 0 Å². The summed E-state index contributed by atoms with van der Waals surface area (Å²) >= 11 is 0. The van der Waals surface area contributed by atoms with E-state index in [4.69, 9.17) is 37.9 Å². The van der Waals surface area contributed by atoms with Crippen LogP contribution in [0.2, 0.25) is 0 Å². The molecule has 2 N–H and O–H groups in total. The molecule has 312 valence electrons. The number of fused-ring (bicyclic) bond motifs is 2. The summed E-state index contributed by atoms with van der Waals surface area (Å²) < 4.78 is 51.7. The Morgan fingerprint density at radius 3 is 2.20 bits per heavy atom. The second-order valence-corrected chi connectivity index (χ2v) is 17.4. The van der Waals surface area contributed by atoms with Gasteiger partial charge in [0.1, 0.15) is 34.8 Å². The van der Waals surface area contributed by atoms with Gasteiger partial charge in [-0.15, -0.1) is 0 Å². The molecular weight excluding hydrogens is 698 g/mol. The molecule has 17 atom stereocenters. The van der Waals surface area contributed by atoms with E-state index >= 15 is 0 Å². The van der Waals surface area contributed by atoms with Crippen LogP contribution in [0, 0.1) is 23.7 Å². The van der Waals surface area contributed by atoms with Crippen LogP contribution in [0.25, 0.3) is 0 Å². The lowest BCUT2D eigenvalue weighted by atomic mass is 9.78. The minimum Gasteiger partial charge on any atom is -0.489 e. The third kappa shape index (κ3) is 8.98. The Morgan fingerprint density at radius 2 is 1.63 bits per heavy atom. The number of carbonyl (C=O) groups excluding carboxylic acids is 2. The first kappa shape index (κ1) is 44.9. The number of methoxy groups -OCH3 is 1. The normalized spacial score (nSPS) is 46.6. The number of nitrogens with zero attached hydrogens (tertiary/aromatic N) is 1. The van der Waals surface area contributed by atoms with Gasteiger partial charge < -0.3 is 53.0 Å². The maximum Gasteiger partial charge on any atom is 0.311 e. The van der Waals surface area contributed by atoms with Crippen molar-refractivity contribution in [2.24, 2.45) is 23.7 Å². The number of cyclic esters (lactones) is 1. The lowest BCUT2D eigenvalue weighted by molar-refractivity contribution is -0.313. The highest BCUT2D eigenvalue weighted by Crippen LogP contribution is 2.48. The molecule has 0 aromatic rings. The Morgan fingerprint density at radius 1 is 0.981 bits per heavy atom. The molecule has 4 rings (SSSR count). The quantitative estimate of drug-likeness (QED) is 0.299. The number of aliphatic hydroxyl groups is 2. The van der Waals surface area contributed by atoms with E-state index in [1.54, 1.807) is 27.9 Å². The summed E-state index contributed by atoms with van der Waals surface area (Å²) in [5.41, 5.74) is -2.82. The van der Waals surface area contributed by atoms with Crippen LogP contribution >= 0.6 is 0 Å². The molecule has 0 aromatic carbocycles. The largest absolute Gasteiger partial charge is 0.489 e. The molecule has 0 saturated carbocycles. The predicted octanol–water partition coefficient (Wildman–Crippen LogP) is 5.13. The van der Waals surface area contributed by atoms with Crippen molar-refractivity contribution in [3.8, 4) is 0 Å². The van der Waals surface area contributed by atoms with E-state index in [9.17, 15) is 19.8 Å². The number of carbonyl (C=O) groups is 2. The monoisotopic (exact) mass is 769 g/mol. The van der Waals surface area contributed by atoms with Gasteiger partial charge in [-0.2, -0.15) is 0 Å². The van der Waals surface area contributed by atoms with Crippen LogP contribution in [0.5, 0.6) is 0 Å². The molecule has 0 spiro atoms. The molecule has 2 bridgehead atoms. The Labute approximate surface area is 323 Å². The van der Waals surface area contributed by atoms with Crippen LogP contribution in [0.3, 0.4) is 0 Å². The van der Waals surface area contributed by atoms with Crippen LogP contribution in [-0.4, -0.2) is 126 Å². The lowest BCUT2D eigenvalue weighted by Gasteiger charge is -2.49. The number of ether oxygens (including phenoxy) is 8. The summed E-state index contributed by atoms with van der Waals surface area (Å²) in [5.74, 6) is -2.53. The standard InChI is InChI=1S/C41H71NO12/c1-16-30-41(13,46)34(44)24(6)32-21(3)19-40(12,54-32)35(53-38-23(5)29(42(14)17-2)18-22(4)48-38)25(7)33(26(8)37(45)51-30)52-31-20-39(11,47-15)36(27(9)49-31)50-28(10)43/h22-27,29-31,33-36,38,44,46H,16-20H2,1-15H3/t22-,23?,24+,25+,26-,27+,29+,30-,31?,33+,34-,35-,36+,38?,39-,40+,41-/m1/s1. The first-order valence-electron chi connectivity index (χ1n) is 20.1. The number of aliphatic hydroxyl groups excluding tert-OH is 1. The fraction of sp³-hybridized carbons (Fsp3) is 0.902. The molecule has 3 fully saturated rings. The van der Waals surface area contributed by atoms with E-state index in [0.29, 0.717) is 12.2 Å². The number of esters is 2. The van der Waals surface area contributed by atoms with E-state index in [1.807, 2.05) is 34.6 Å². The molecule has 3 unspecified atom stereocenters. The zero-order valence-electron chi connectivity index (χ0n) is 35.5. The predicted molar refractivity (Wildman–Crippen MR) is 201 cm³/mol. The molecule has 0 radical (unpaired) electrons. The maximum atomic E-state index is 14.3. The highest BCUT2D eigenvalue weighted by molar-refractivity contribution is 5.73. The van der Waals surface area contributed by atoms with Gasteiger partial charge in [0.15, 0.2) is 18.7 Å². The van der Waals surface area contributed by atoms with Gasteiger partial charge in [0.2, 0.25) is 0 Å². The van der Waals surface area contributed by atoms with E-state index in [0.717, 1.165) is 18.5 Å². The minimum absolute atomic E-state index is 0.00692. The zero-order chi connectivity index (χ0) is 40.7. The molecule has 0 aliphatic carbocycles. The van der Waals surface area contributed by atoms with Crippen LogP contribution in [0.4, 0.5) is 0 Å². The van der Waals surface area contributed by atoms with E-state index < -0.39 is 95.7 Å². The Bertz CT molecular complexity index is 1340. The van der Waals surface area contributed by atoms with Crippen molar-refractivity contribution in [1.29, 1.82) is 0 Å². The molecule has 0 amide bonds. The Balaban J connectivity index is 1.84. The molecule has 4 aliphatic rings. The fourth-order valence-corrected chi connectivity index (χ4v) is 9.58. The molecule has 54 heavy (non-hydrogen) atoms. The highest BCUT2D eigenvalue weighted by Gasteiger charge is 2.56. The van der Waals surface area contributed by atoms with Crippen molar-refractivity contribution in [3.05, 3.63) is 11.3 Å². The summed E-state index contributed by atoms with van der Waals surface area (Å²) in [7, 11) is 3.68. The van der Waals surface area contributed by atoms with E-state index in [1.165, 1.54) is 13.8 Å². The topological polar surface area (TPSA) is 152 Å². The third-order valence-corrected chi connectivity index (χ3v) is 13.0. The summed E-state index contributed by atoms with van der Waals surface area (Å²) in [5, 5.41) is 23.6. The van der Waals surface area contributed by atoms with Crippen LogP contribution < -0.4 is 0 Å². The van der Waals surface area contributed by atoms with Gasteiger partial charge in [0.25, 0.3) is 0 Å². The molecule has 4 heterocycles. The van der Waals surface area contributed by atoms with E-state index in [-0.39, 0.29) is 30.9 Å². The van der Waals surface area contributed by atoms with Crippen molar-refractivity contribution >= 4 is 11.9 Å². The first-order valence-corrected chi connectivity index (χ1v) is 20.1. The highest BCUT2D eigenvalue weighted by atomic mass is 16.7. The van der Waals surface area contributed by atoms with Gasteiger partial charge in [0.05, 0.1) is 30.3 Å². The Hall–Kier alpha value is -1.84. The van der Waals surface area contributed by atoms with Crippen molar-refractivity contribution in [3.63, 3.8) is 0 Å². The smallest absolute Gasteiger partial charge is 0.311 e. The molecule has 4 aliphatic heterocycles. The van der Waals surface area contributed by atoms with Crippen molar-refractivity contribution in [2.75, 3.05) is 20.7 Å². The molecule has 3 saturated heterocycles. The van der Waals surface area contributed by atoms with Gasteiger partial charge in [-0.1, -0.05) is 34.6 Å². The summed E-state index contributed by atoms with van der Waals surface area (Å²) in [4.78, 5) is 28.7. The average molecular weight is 770 g/mol. The Kier molecular flexibility index (Phi) is 14.4. The van der Waals surface area contributed by atoms with Gasteiger partial charge in [0, 0.05) is 50.7 Å². The van der Waals surface area contributed by atoms with Gasteiger partial charge in [-0.05, 0) is 80.5 Å². The molecular formula is C41H71NO12. The van der Waals surface area contributed by atoms with Gasteiger partial charge in [-0.3, -0.25) is 9.59 Å². The van der Waals surface area contributed by atoms with Crippen LogP contribution in [0.15, 0.2) is 11.3 Å². The summed E-state index contributed by atoms with van der Waals surface area (Å²) in [6.07, 6.45) is -4.98. The molecule has 13 heteroatoms. The number of hydrogen-bond acceptors (Lipinski definition) is 13. The second kappa shape index (κ2) is 17.3. The van der Waals surface area contributed by atoms with Crippen LogP contribution in [-0.2, 0) is 47.5 Å². The zero-order valence-corrected chi connectivity index (χ0v) is 35.5. The van der Waals surface area contributed by atoms with Crippen molar-refractivity contribution < 1.29 is 57.7 Å². The van der Waals surface area contributed by atoms with Crippen molar-refractivity contribution in [1.82, 2.24) is 4.90 Å². The fourth-order valence-electron chi connectivity index (χ4n) is 9.58. The molecule has 0 aromatic heterocycles. The lowest BCUT2D eigenvalue weighted by Crippen LogP contribution is -2.60. The third-order valence-electron chi connectivity index (χ3n) is 13.0. The minimum atomic E-state index is -1.80. The number of hydrogen-bond donors (Lipinski definition) is 2. The second-order valence-electron chi connectivity index (χ2n) is 17.4. The molecule has 13 nitrogen and oxygen atoms in total. The van der Waals surface area contributed by atoms with E-state index in [2.05, 4.69) is 32.7 Å².